The van der Waals surface area contributed by atoms with Gasteiger partial charge in [0, 0.05) is 13.1 Å². The summed E-state index contributed by atoms with van der Waals surface area (Å²) in [7, 11) is -1.09. The highest BCUT2D eigenvalue weighted by Gasteiger charge is 2.51. The van der Waals surface area contributed by atoms with Gasteiger partial charge < -0.3 is 4.74 Å². The summed E-state index contributed by atoms with van der Waals surface area (Å²) in [5.41, 5.74) is 0.226. The highest BCUT2D eigenvalue weighted by Crippen LogP contribution is 2.18. The van der Waals surface area contributed by atoms with Crippen molar-refractivity contribution in [2.24, 2.45) is 0 Å². The Balaban J connectivity index is 2.44. The Kier molecular flexibility index (Phi) is 3.94. The molecule has 20 heavy (non-hydrogen) atoms. The molecule has 3 amide bonds. The van der Waals surface area contributed by atoms with Gasteiger partial charge in [-0.15, -0.1) is 0 Å². The number of urea groups is 1. The molecule has 0 aromatic rings. The molecule has 0 N–H and O–H groups in total. The van der Waals surface area contributed by atoms with Crippen molar-refractivity contribution >= 4 is 27.7 Å². The SMILES string of the molecule is CC1=[N+](C)C(=O)N(C)C(=O)C1S(=O)(=O)N1CCOCC1. The highest BCUT2D eigenvalue weighted by atomic mass is 32.2. The van der Waals surface area contributed by atoms with Gasteiger partial charge in [0.15, 0.2) is 0 Å². The van der Waals surface area contributed by atoms with Crippen LogP contribution in [0.2, 0.25) is 0 Å². The van der Waals surface area contributed by atoms with Gasteiger partial charge >= 0.3 is 11.9 Å². The van der Waals surface area contributed by atoms with Crippen LogP contribution in [0.3, 0.4) is 0 Å². The molecule has 0 aromatic carbocycles. The average molecular weight is 304 g/mol. The number of carbonyl (C=O) groups excluding carboxylic acids is 2. The van der Waals surface area contributed by atoms with Crippen LogP contribution in [-0.4, -0.2) is 85.5 Å². The zero-order valence-corrected chi connectivity index (χ0v) is 12.5. The molecule has 0 aliphatic carbocycles. The summed E-state index contributed by atoms with van der Waals surface area (Å²) in [5, 5.41) is -1.34. The Labute approximate surface area is 117 Å². The molecule has 2 aliphatic rings. The van der Waals surface area contributed by atoms with Gasteiger partial charge in [-0.1, -0.05) is 0 Å². The van der Waals surface area contributed by atoms with Crippen LogP contribution in [0.25, 0.3) is 0 Å². The van der Waals surface area contributed by atoms with Gasteiger partial charge in [0.25, 0.3) is 0 Å². The molecule has 0 radical (unpaired) electrons. The van der Waals surface area contributed by atoms with Crippen LogP contribution in [0.1, 0.15) is 6.92 Å². The maximum absolute atomic E-state index is 12.6. The second kappa shape index (κ2) is 5.23. The Morgan fingerprint density at radius 1 is 1.25 bits per heavy atom. The maximum atomic E-state index is 12.6. The summed E-state index contributed by atoms with van der Waals surface area (Å²) in [6.45, 7) is 2.56. The zero-order valence-electron chi connectivity index (χ0n) is 11.7. The van der Waals surface area contributed by atoms with E-state index in [-0.39, 0.29) is 18.8 Å². The zero-order chi connectivity index (χ0) is 15.1. The lowest BCUT2D eigenvalue weighted by Gasteiger charge is -2.31. The third kappa shape index (κ3) is 2.25. The lowest BCUT2D eigenvalue weighted by molar-refractivity contribution is -0.405. The molecular weight excluding hydrogens is 286 g/mol. The van der Waals surface area contributed by atoms with Crippen LogP contribution in [0.15, 0.2) is 0 Å². The van der Waals surface area contributed by atoms with Gasteiger partial charge in [-0.3, -0.25) is 0 Å². The minimum Gasteiger partial charge on any atom is -0.379 e. The summed E-state index contributed by atoms with van der Waals surface area (Å²) in [4.78, 5) is 24.8. The molecule has 2 rings (SSSR count). The number of ether oxygens (including phenoxy) is 1. The molecule has 1 saturated heterocycles. The summed E-state index contributed by atoms with van der Waals surface area (Å²) in [6.07, 6.45) is 0. The van der Waals surface area contributed by atoms with E-state index in [1.165, 1.54) is 29.9 Å². The number of nitrogens with zero attached hydrogens (tertiary/aromatic N) is 3. The predicted molar refractivity (Wildman–Crippen MR) is 70.1 cm³/mol. The van der Waals surface area contributed by atoms with E-state index in [9.17, 15) is 18.0 Å². The van der Waals surface area contributed by atoms with E-state index >= 15 is 0 Å². The lowest BCUT2D eigenvalue weighted by Crippen LogP contribution is -2.60. The molecule has 1 unspecified atom stereocenters. The smallest absolute Gasteiger partial charge is 0.379 e. The van der Waals surface area contributed by atoms with Crippen LogP contribution < -0.4 is 0 Å². The van der Waals surface area contributed by atoms with Crippen molar-refractivity contribution < 1.29 is 27.3 Å². The van der Waals surface area contributed by atoms with Crippen LogP contribution in [0, 0.1) is 0 Å². The fourth-order valence-corrected chi connectivity index (χ4v) is 4.25. The number of amides is 3. The average Bonchev–Trinajstić information content (AvgIpc) is 2.44. The Hall–Kier alpha value is -1.32. The second-order valence-corrected chi connectivity index (χ2v) is 6.83. The third-order valence-electron chi connectivity index (χ3n) is 3.67. The first kappa shape index (κ1) is 15.1. The van der Waals surface area contributed by atoms with Gasteiger partial charge in [0.1, 0.15) is 5.71 Å². The molecule has 0 aromatic heterocycles. The van der Waals surface area contributed by atoms with Crippen molar-refractivity contribution in [2.45, 2.75) is 12.2 Å². The first-order chi connectivity index (χ1) is 9.28. The van der Waals surface area contributed by atoms with E-state index in [1.807, 2.05) is 0 Å². The van der Waals surface area contributed by atoms with Crippen molar-refractivity contribution in [3.63, 3.8) is 0 Å². The first-order valence-corrected chi connectivity index (χ1v) is 7.74. The summed E-state index contributed by atoms with van der Waals surface area (Å²) >= 11 is 0. The number of hydrogen-bond donors (Lipinski definition) is 0. The van der Waals surface area contributed by atoms with E-state index < -0.39 is 27.2 Å². The number of hydrogen-bond acceptors (Lipinski definition) is 5. The monoisotopic (exact) mass is 304 g/mol. The molecule has 0 saturated carbocycles. The fourth-order valence-electron chi connectivity index (χ4n) is 2.29. The summed E-state index contributed by atoms with van der Waals surface area (Å²) in [6, 6.07) is -0.527. The lowest BCUT2D eigenvalue weighted by atomic mass is 10.2. The summed E-state index contributed by atoms with van der Waals surface area (Å²) in [5.74, 6) is -0.711. The molecule has 0 bridgehead atoms. The largest absolute Gasteiger partial charge is 0.500 e. The number of carbonyl (C=O) groups is 2. The topological polar surface area (TPSA) is 87.0 Å². The minimum absolute atomic E-state index is 0.223. The van der Waals surface area contributed by atoms with Crippen molar-refractivity contribution in [3.05, 3.63) is 0 Å². The number of morpholine rings is 1. The molecule has 8 nitrogen and oxygen atoms in total. The van der Waals surface area contributed by atoms with Crippen LogP contribution in [0.5, 0.6) is 0 Å². The molecule has 9 heteroatoms. The number of sulfonamides is 1. The molecule has 2 aliphatic heterocycles. The van der Waals surface area contributed by atoms with Crippen LogP contribution in [-0.2, 0) is 19.6 Å². The Morgan fingerprint density at radius 2 is 1.80 bits per heavy atom. The Morgan fingerprint density at radius 3 is 2.35 bits per heavy atom. The second-order valence-electron chi connectivity index (χ2n) is 4.82. The minimum atomic E-state index is -3.84. The van der Waals surface area contributed by atoms with E-state index in [0.717, 1.165) is 4.90 Å². The molecule has 0 spiro atoms. The van der Waals surface area contributed by atoms with E-state index in [2.05, 4.69) is 0 Å². The van der Waals surface area contributed by atoms with E-state index in [4.69, 9.17) is 4.74 Å². The van der Waals surface area contributed by atoms with Gasteiger partial charge in [-0.25, -0.2) is 13.2 Å². The van der Waals surface area contributed by atoms with E-state index in [0.29, 0.717) is 13.2 Å². The predicted octanol–water partition coefficient (Wildman–Crippen LogP) is -1.29. The van der Waals surface area contributed by atoms with E-state index in [1.54, 1.807) is 0 Å². The van der Waals surface area contributed by atoms with Gasteiger partial charge in [-0.2, -0.15) is 18.6 Å². The van der Waals surface area contributed by atoms with Crippen molar-refractivity contribution in [2.75, 3.05) is 40.4 Å². The first-order valence-electron chi connectivity index (χ1n) is 6.24. The summed E-state index contributed by atoms with van der Waals surface area (Å²) < 4.78 is 32.8. The molecule has 2 heterocycles. The third-order valence-corrected chi connectivity index (χ3v) is 5.89. The van der Waals surface area contributed by atoms with Gasteiger partial charge in [0.2, 0.25) is 15.3 Å². The molecular formula is C11H18N3O5S+. The maximum Gasteiger partial charge on any atom is 0.500 e. The highest BCUT2D eigenvalue weighted by molar-refractivity contribution is 7.91. The number of rotatable bonds is 2. The van der Waals surface area contributed by atoms with Crippen molar-refractivity contribution in [3.8, 4) is 0 Å². The van der Waals surface area contributed by atoms with Crippen molar-refractivity contribution in [1.82, 2.24) is 9.21 Å². The van der Waals surface area contributed by atoms with Gasteiger partial charge in [0.05, 0.1) is 27.3 Å². The normalized spacial score (nSPS) is 26.4. The Bertz CT molecular complexity index is 577. The van der Waals surface area contributed by atoms with Crippen LogP contribution >= 0.6 is 0 Å². The van der Waals surface area contributed by atoms with Crippen molar-refractivity contribution in [1.29, 1.82) is 0 Å². The van der Waals surface area contributed by atoms with Gasteiger partial charge in [-0.05, 0) is 6.92 Å². The fraction of sp³-hybridized carbons (Fsp3) is 0.727. The standard InChI is InChI=1S/C11H18N3O5S/c1-8-9(10(15)13(3)11(16)12(8)2)20(17,18)14-4-6-19-7-5-14/h9H,4-7H2,1-3H3/q+1. The number of imide groups is 1. The van der Waals surface area contributed by atoms with Crippen LogP contribution in [0.4, 0.5) is 4.79 Å². The quantitative estimate of drug-likeness (QED) is 0.593. The molecule has 112 valence electrons. The molecule has 1 atom stereocenters. The molecule has 1 fully saturated rings.